The number of imide groups is 2. The number of rotatable bonds is 6. The average Bonchev–Trinajstić information content (AvgIpc) is 3.22. The summed E-state index contributed by atoms with van der Waals surface area (Å²) in [6, 6.07) is 12.2. The SMILES string of the molecule is O=C1NC(=O)N(c2ccc(F)cc2)C(=O)/C1=C\c1cccn1CCOc1cc(Cl)ccc1Cl. The third-order valence-electron chi connectivity index (χ3n) is 4.83. The summed E-state index contributed by atoms with van der Waals surface area (Å²) in [7, 11) is 0. The quantitative estimate of drug-likeness (QED) is 0.404. The third kappa shape index (κ3) is 4.92. The predicted molar refractivity (Wildman–Crippen MR) is 122 cm³/mol. The maximum atomic E-state index is 13.2. The molecule has 0 atom stereocenters. The van der Waals surface area contributed by atoms with E-state index in [-0.39, 0.29) is 17.9 Å². The minimum atomic E-state index is -0.907. The van der Waals surface area contributed by atoms with Crippen LogP contribution in [0.5, 0.6) is 5.75 Å². The largest absolute Gasteiger partial charge is 0.490 e. The van der Waals surface area contributed by atoms with Crippen molar-refractivity contribution in [2.75, 3.05) is 11.5 Å². The van der Waals surface area contributed by atoms with Gasteiger partial charge in [-0.3, -0.25) is 14.9 Å². The van der Waals surface area contributed by atoms with Gasteiger partial charge in [-0.2, -0.15) is 0 Å². The van der Waals surface area contributed by atoms with Crippen LogP contribution in [0.4, 0.5) is 14.9 Å². The molecule has 4 rings (SSSR count). The van der Waals surface area contributed by atoms with Crippen LogP contribution in [0.3, 0.4) is 0 Å². The van der Waals surface area contributed by atoms with E-state index in [0.717, 1.165) is 17.0 Å². The number of anilines is 1. The van der Waals surface area contributed by atoms with Crippen LogP contribution in [-0.4, -0.2) is 29.0 Å². The van der Waals surface area contributed by atoms with Crippen LogP contribution in [0.25, 0.3) is 6.08 Å². The van der Waals surface area contributed by atoms with Crippen molar-refractivity contribution in [3.8, 4) is 5.75 Å². The zero-order chi connectivity index (χ0) is 23.5. The normalized spacial score (nSPS) is 15.2. The number of ether oxygens (including phenoxy) is 1. The number of nitrogens with zero attached hydrogens (tertiary/aromatic N) is 2. The molecule has 0 unspecified atom stereocenters. The zero-order valence-corrected chi connectivity index (χ0v) is 18.4. The molecule has 1 fully saturated rings. The fourth-order valence-electron chi connectivity index (χ4n) is 3.23. The zero-order valence-electron chi connectivity index (χ0n) is 16.9. The molecular formula is C23H16Cl2FN3O4. The van der Waals surface area contributed by atoms with Gasteiger partial charge >= 0.3 is 6.03 Å². The maximum absolute atomic E-state index is 13.2. The highest BCUT2D eigenvalue weighted by atomic mass is 35.5. The van der Waals surface area contributed by atoms with E-state index in [1.54, 1.807) is 41.1 Å². The molecule has 1 saturated heterocycles. The van der Waals surface area contributed by atoms with E-state index >= 15 is 0 Å². The molecule has 3 aromatic rings. The Hall–Kier alpha value is -3.62. The monoisotopic (exact) mass is 487 g/mol. The average molecular weight is 488 g/mol. The van der Waals surface area contributed by atoms with Crippen LogP contribution in [0.15, 0.2) is 66.4 Å². The van der Waals surface area contributed by atoms with Crippen molar-refractivity contribution < 1.29 is 23.5 Å². The van der Waals surface area contributed by atoms with Crippen molar-refractivity contribution in [1.82, 2.24) is 9.88 Å². The molecule has 168 valence electrons. The smallest absolute Gasteiger partial charge is 0.335 e. The van der Waals surface area contributed by atoms with Gasteiger partial charge < -0.3 is 9.30 Å². The molecule has 1 aromatic heterocycles. The third-order valence-corrected chi connectivity index (χ3v) is 5.37. The van der Waals surface area contributed by atoms with Gasteiger partial charge in [0, 0.05) is 23.0 Å². The Balaban J connectivity index is 1.53. The molecule has 33 heavy (non-hydrogen) atoms. The number of benzene rings is 2. The molecule has 1 aliphatic heterocycles. The molecular weight excluding hydrogens is 472 g/mol. The molecule has 2 aromatic carbocycles. The predicted octanol–water partition coefficient (Wildman–Crippen LogP) is 4.68. The summed E-state index contributed by atoms with van der Waals surface area (Å²) in [5.74, 6) is -1.72. The first-order valence-electron chi connectivity index (χ1n) is 9.73. The number of barbiturate groups is 1. The Kier molecular flexibility index (Phi) is 6.48. The molecule has 0 bridgehead atoms. The Bertz CT molecular complexity index is 1270. The van der Waals surface area contributed by atoms with E-state index < -0.39 is 23.7 Å². The van der Waals surface area contributed by atoms with Crippen LogP contribution in [-0.2, 0) is 16.1 Å². The summed E-state index contributed by atoms with van der Waals surface area (Å²) in [4.78, 5) is 38.4. The number of halogens is 3. The lowest BCUT2D eigenvalue weighted by atomic mass is 10.1. The summed E-state index contributed by atoms with van der Waals surface area (Å²) < 4.78 is 20.7. The highest BCUT2D eigenvalue weighted by molar-refractivity contribution is 6.39. The number of aromatic nitrogens is 1. The van der Waals surface area contributed by atoms with Gasteiger partial charge in [0.25, 0.3) is 11.8 Å². The van der Waals surface area contributed by atoms with Gasteiger partial charge in [-0.1, -0.05) is 23.2 Å². The van der Waals surface area contributed by atoms with Crippen molar-refractivity contribution in [2.45, 2.75) is 6.54 Å². The second-order valence-corrected chi connectivity index (χ2v) is 7.83. The van der Waals surface area contributed by atoms with Crippen molar-refractivity contribution in [1.29, 1.82) is 0 Å². The minimum Gasteiger partial charge on any atom is -0.490 e. The number of urea groups is 1. The van der Waals surface area contributed by atoms with E-state index in [9.17, 15) is 18.8 Å². The first-order chi connectivity index (χ1) is 15.8. The highest BCUT2D eigenvalue weighted by Crippen LogP contribution is 2.28. The standard InChI is InChI=1S/C23H16Cl2FN3O4/c24-14-3-8-19(25)20(12-14)33-11-10-28-9-1-2-17(28)13-18-21(30)27-23(32)29(22(18)31)16-6-4-15(26)5-7-16/h1-9,12-13H,10-11H2,(H,27,30,32)/b18-13-. The van der Waals surface area contributed by atoms with Crippen LogP contribution in [0, 0.1) is 5.82 Å². The molecule has 10 heteroatoms. The van der Waals surface area contributed by atoms with Gasteiger partial charge in [0.2, 0.25) is 0 Å². The number of carbonyl (C=O) groups excluding carboxylic acids is 3. The van der Waals surface area contributed by atoms with Crippen molar-refractivity contribution in [3.05, 3.63) is 87.9 Å². The summed E-state index contributed by atoms with van der Waals surface area (Å²) in [6.07, 6.45) is 3.14. The lowest BCUT2D eigenvalue weighted by Gasteiger charge is -2.26. The molecule has 1 aliphatic rings. The van der Waals surface area contributed by atoms with Gasteiger partial charge in [0.1, 0.15) is 23.7 Å². The Morgan fingerprint density at radius 1 is 1.03 bits per heavy atom. The van der Waals surface area contributed by atoms with E-state index in [1.807, 2.05) is 0 Å². The molecule has 0 saturated carbocycles. The maximum Gasteiger partial charge on any atom is 0.335 e. The first-order valence-corrected chi connectivity index (χ1v) is 10.5. The molecule has 0 radical (unpaired) electrons. The molecule has 0 spiro atoms. The summed E-state index contributed by atoms with van der Waals surface area (Å²) in [6.45, 7) is 0.622. The van der Waals surface area contributed by atoms with Gasteiger partial charge in [-0.15, -0.1) is 0 Å². The summed E-state index contributed by atoms with van der Waals surface area (Å²) in [5, 5.41) is 3.04. The lowest BCUT2D eigenvalue weighted by Crippen LogP contribution is -2.54. The van der Waals surface area contributed by atoms with Gasteiger partial charge in [-0.25, -0.2) is 14.1 Å². The highest BCUT2D eigenvalue weighted by Gasteiger charge is 2.37. The van der Waals surface area contributed by atoms with Crippen LogP contribution >= 0.6 is 23.2 Å². The van der Waals surface area contributed by atoms with Crippen LogP contribution in [0.1, 0.15) is 5.69 Å². The number of nitrogens with one attached hydrogen (secondary N) is 1. The lowest BCUT2D eigenvalue weighted by molar-refractivity contribution is -0.122. The fourth-order valence-corrected chi connectivity index (χ4v) is 3.57. The van der Waals surface area contributed by atoms with Crippen molar-refractivity contribution in [2.24, 2.45) is 0 Å². The summed E-state index contributed by atoms with van der Waals surface area (Å²) >= 11 is 12.1. The van der Waals surface area contributed by atoms with E-state index in [1.165, 1.54) is 18.2 Å². The van der Waals surface area contributed by atoms with E-state index in [0.29, 0.717) is 28.0 Å². The van der Waals surface area contributed by atoms with E-state index in [2.05, 4.69) is 5.32 Å². The van der Waals surface area contributed by atoms with Crippen LogP contribution in [0.2, 0.25) is 10.0 Å². The molecule has 1 N–H and O–H groups in total. The Labute approximate surface area is 198 Å². The first kappa shape index (κ1) is 22.6. The number of hydrogen-bond acceptors (Lipinski definition) is 4. The van der Waals surface area contributed by atoms with Gasteiger partial charge in [-0.05, 0) is 54.6 Å². The van der Waals surface area contributed by atoms with Gasteiger partial charge in [0.15, 0.2) is 0 Å². The van der Waals surface area contributed by atoms with Crippen LogP contribution < -0.4 is 15.0 Å². The minimum absolute atomic E-state index is 0.138. The van der Waals surface area contributed by atoms with Crippen molar-refractivity contribution >= 4 is 52.8 Å². The Morgan fingerprint density at radius 3 is 2.55 bits per heavy atom. The number of amides is 4. The molecule has 4 amide bonds. The van der Waals surface area contributed by atoms with Gasteiger partial charge in [0.05, 0.1) is 17.3 Å². The number of carbonyl (C=O) groups is 3. The Morgan fingerprint density at radius 2 is 1.79 bits per heavy atom. The molecule has 2 heterocycles. The summed E-state index contributed by atoms with van der Waals surface area (Å²) in [5.41, 5.74) is 0.444. The fraction of sp³-hybridized carbons (Fsp3) is 0.0870. The number of hydrogen-bond donors (Lipinski definition) is 1. The van der Waals surface area contributed by atoms with Crippen molar-refractivity contribution in [3.63, 3.8) is 0 Å². The molecule has 7 nitrogen and oxygen atoms in total. The second kappa shape index (κ2) is 9.48. The van der Waals surface area contributed by atoms with E-state index in [4.69, 9.17) is 27.9 Å². The molecule has 0 aliphatic carbocycles. The topological polar surface area (TPSA) is 80.6 Å². The second-order valence-electron chi connectivity index (χ2n) is 6.98.